The Labute approximate surface area is 138 Å². The predicted octanol–water partition coefficient (Wildman–Crippen LogP) is 3.29. The van der Waals surface area contributed by atoms with Gasteiger partial charge in [0.05, 0.1) is 6.61 Å². The highest BCUT2D eigenvalue weighted by Crippen LogP contribution is 2.15. The number of amides is 1. The highest BCUT2D eigenvalue weighted by molar-refractivity contribution is 9.10. The Morgan fingerprint density at radius 2 is 1.86 bits per heavy atom. The number of carbonyl (C=O) groups excluding carboxylic acids is 1. The van der Waals surface area contributed by atoms with Crippen molar-refractivity contribution in [3.05, 3.63) is 64.1 Å². The van der Waals surface area contributed by atoms with Crippen LogP contribution in [0.4, 0.5) is 0 Å². The molecule has 0 spiro atoms. The molecule has 0 saturated carbocycles. The van der Waals surface area contributed by atoms with E-state index in [2.05, 4.69) is 21.2 Å². The van der Waals surface area contributed by atoms with Gasteiger partial charge in [-0.2, -0.15) is 0 Å². The zero-order chi connectivity index (χ0) is 15.8. The van der Waals surface area contributed by atoms with Gasteiger partial charge in [-0.05, 0) is 35.4 Å². The highest BCUT2D eigenvalue weighted by atomic mass is 79.9. The summed E-state index contributed by atoms with van der Waals surface area (Å²) in [5.74, 6) is 0.514. The molecule has 0 aliphatic rings. The molecule has 2 aromatic carbocycles. The first-order valence-electron chi connectivity index (χ1n) is 6.89. The zero-order valence-electron chi connectivity index (χ0n) is 12.3. The largest absolute Gasteiger partial charge is 0.484 e. The Kier molecular flexibility index (Phi) is 6.43. The molecule has 0 saturated heterocycles. The van der Waals surface area contributed by atoms with Crippen molar-refractivity contribution in [3.8, 4) is 5.75 Å². The number of halogens is 1. The molecule has 2 aromatic rings. The van der Waals surface area contributed by atoms with Crippen LogP contribution in [0.1, 0.15) is 11.1 Å². The second-order valence-corrected chi connectivity index (χ2v) is 5.69. The van der Waals surface area contributed by atoms with E-state index in [0.29, 0.717) is 18.9 Å². The fraction of sp³-hybridized carbons (Fsp3) is 0.235. The van der Waals surface area contributed by atoms with Crippen molar-refractivity contribution in [2.24, 2.45) is 0 Å². The maximum absolute atomic E-state index is 11.8. The number of nitrogens with one attached hydrogen (secondary N) is 1. The van der Waals surface area contributed by atoms with Gasteiger partial charge in [-0.15, -0.1) is 0 Å². The number of benzene rings is 2. The summed E-state index contributed by atoms with van der Waals surface area (Å²) in [6, 6.07) is 15.3. The minimum atomic E-state index is -0.153. The van der Waals surface area contributed by atoms with Crippen molar-refractivity contribution in [1.82, 2.24) is 5.32 Å². The third kappa shape index (κ3) is 5.50. The number of hydrogen-bond acceptors (Lipinski definition) is 3. The summed E-state index contributed by atoms with van der Waals surface area (Å²) < 4.78 is 11.5. The molecule has 0 bridgehead atoms. The van der Waals surface area contributed by atoms with Gasteiger partial charge in [0.25, 0.3) is 5.91 Å². The summed E-state index contributed by atoms with van der Waals surface area (Å²) in [5.41, 5.74) is 2.12. The Morgan fingerprint density at radius 3 is 2.59 bits per heavy atom. The van der Waals surface area contributed by atoms with Crippen LogP contribution in [-0.4, -0.2) is 19.6 Å². The Hall–Kier alpha value is -1.85. The van der Waals surface area contributed by atoms with Crippen molar-refractivity contribution in [1.29, 1.82) is 0 Å². The van der Waals surface area contributed by atoms with Crippen LogP contribution in [0.3, 0.4) is 0 Å². The first-order chi connectivity index (χ1) is 10.7. The van der Waals surface area contributed by atoms with Gasteiger partial charge in [0.15, 0.2) is 6.61 Å². The molecule has 1 amide bonds. The van der Waals surface area contributed by atoms with Gasteiger partial charge in [0.1, 0.15) is 5.75 Å². The van der Waals surface area contributed by atoms with Crippen molar-refractivity contribution < 1.29 is 14.3 Å². The van der Waals surface area contributed by atoms with Crippen molar-refractivity contribution in [3.63, 3.8) is 0 Å². The summed E-state index contributed by atoms with van der Waals surface area (Å²) in [4.78, 5) is 11.8. The lowest BCUT2D eigenvalue weighted by molar-refractivity contribution is -0.123. The number of carbonyl (C=O) groups is 1. The average molecular weight is 364 g/mol. The fourth-order valence-corrected chi connectivity index (χ4v) is 2.19. The zero-order valence-corrected chi connectivity index (χ0v) is 13.9. The van der Waals surface area contributed by atoms with E-state index in [9.17, 15) is 4.79 Å². The van der Waals surface area contributed by atoms with E-state index in [1.165, 1.54) is 0 Å². The number of hydrogen-bond donors (Lipinski definition) is 1. The maximum atomic E-state index is 11.8. The van der Waals surface area contributed by atoms with Crippen molar-refractivity contribution in [2.75, 3.05) is 13.7 Å². The van der Waals surface area contributed by atoms with E-state index in [1.54, 1.807) is 7.11 Å². The number of rotatable bonds is 7. The van der Waals surface area contributed by atoms with Crippen molar-refractivity contribution in [2.45, 2.75) is 13.2 Å². The molecule has 0 radical (unpaired) electrons. The average Bonchev–Trinajstić information content (AvgIpc) is 2.53. The normalized spacial score (nSPS) is 10.3. The first kappa shape index (κ1) is 16.5. The number of ether oxygens (including phenoxy) is 2. The summed E-state index contributed by atoms with van der Waals surface area (Å²) in [5, 5.41) is 2.84. The molecule has 0 aromatic heterocycles. The third-order valence-corrected chi connectivity index (χ3v) is 3.50. The van der Waals surface area contributed by atoms with E-state index in [1.807, 2.05) is 48.5 Å². The van der Waals surface area contributed by atoms with Crippen LogP contribution in [0.15, 0.2) is 53.0 Å². The first-order valence-corrected chi connectivity index (χ1v) is 7.68. The van der Waals surface area contributed by atoms with Gasteiger partial charge in [0.2, 0.25) is 0 Å². The third-order valence-electron chi connectivity index (χ3n) is 2.98. The van der Waals surface area contributed by atoms with Crippen LogP contribution in [-0.2, 0) is 22.7 Å². The molecule has 116 valence electrons. The van der Waals surface area contributed by atoms with E-state index < -0.39 is 0 Å². The van der Waals surface area contributed by atoms with Gasteiger partial charge >= 0.3 is 0 Å². The lowest BCUT2D eigenvalue weighted by Crippen LogP contribution is -2.28. The molecule has 0 unspecified atom stereocenters. The standard InChI is InChI=1S/C17H18BrNO3/c1-21-11-14-4-2-3-13(9-14)10-19-17(20)12-22-16-7-5-15(18)6-8-16/h2-9H,10-12H2,1H3,(H,19,20). The van der Waals surface area contributed by atoms with E-state index >= 15 is 0 Å². The predicted molar refractivity (Wildman–Crippen MR) is 88.6 cm³/mol. The molecule has 4 nitrogen and oxygen atoms in total. The lowest BCUT2D eigenvalue weighted by atomic mass is 10.1. The van der Waals surface area contributed by atoms with Crippen LogP contribution in [0, 0.1) is 0 Å². The molecule has 0 aliphatic carbocycles. The van der Waals surface area contributed by atoms with Gasteiger partial charge in [-0.3, -0.25) is 4.79 Å². The topological polar surface area (TPSA) is 47.6 Å². The monoisotopic (exact) mass is 363 g/mol. The van der Waals surface area contributed by atoms with Gasteiger partial charge in [-0.1, -0.05) is 40.2 Å². The highest BCUT2D eigenvalue weighted by Gasteiger charge is 2.03. The van der Waals surface area contributed by atoms with E-state index in [0.717, 1.165) is 15.6 Å². The van der Waals surface area contributed by atoms with Crippen LogP contribution in [0.2, 0.25) is 0 Å². The fourth-order valence-electron chi connectivity index (χ4n) is 1.93. The molecular weight excluding hydrogens is 346 g/mol. The van der Waals surface area contributed by atoms with Gasteiger partial charge in [0, 0.05) is 18.1 Å². The summed E-state index contributed by atoms with van der Waals surface area (Å²) in [6.07, 6.45) is 0. The van der Waals surface area contributed by atoms with Crippen LogP contribution >= 0.6 is 15.9 Å². The second-order valence-electron chi connectivity index (χ2n) is 4.77. The summed E-state index contributed by atoms with van der Waals surface area (Å²) in [7, 11) is 1.66. The van der Waals surface area contributed by atoms with Crippen LogP contribution in [0.5, 0.6) is 5.75 Å². The molecule has 1 N–H and O–H groups in total. The van der Waals surface area contributed by atoms with E-state index in [-0.39, 0.29) is 12.5 Å². The molecule has 0 aliphatic heterocycles. The quantitative estimate of drug-likeness (QED) is 0.820. The minimum absolute atomic E-state index is 0.000601. The Morgan fingerprint density at radius 1 is 1.14 bits per heavy atom. The molecule has 0 fully saturated rings. The van der Waals surface area contributed by atoms with Crippen LogP contribution < -0.4 is 10.1 Å². The van der Waals surface area contributed by atoms with E-state index in [4.69, 9.17) is 9.47 Å². The summed E-state index contributed by atoms with van der Waals surface area (Å²) in [6.45, 7) is 1.04. The molecule has 5 heteroatoms. The SMILES string of the molecule is COCc1cccc(CNC(=O)COc2ccc(Br)cc2)c1. The lowest BCUT2D eigenvalue weighted by Gasteiger charge is -2.08. The van der Waals surface area contributed by atoms with Crippen LogP contribution in [0.25, 0.3) is 0 Å². The molecule has 0 heterocycles. The molecule has 22 heavy (non-hydrogen) atoms. The smallest absolute Gasteiger partial charge is 0.258 e. The molecular formula is C17H18BrNO3. The van der Waals surface area contributed by atoms with Gasteiger partial charge in [-0.25, -0.2) is 0 Å². The molecule has 0 atom stereocenters. The van der Waals surface area contributed by atoms with Gasteiger partial charge < -0.3 is 14.8 Å². The Balaban J connectivity index is 1.77. The maximum Gasteiger partial charge on any atom is 0.258 e. The molecule has 2 rings (SSSR count). The number of methoxy groups -OCH3 is 1. The minimum Gasteiger partial charge on any atom is -0.484 e. The van der Waals surface area contributed by atoms with Crippen molar-refractivity contribution >= 4 is 21.8 Å². The second kappa shape index (κ2) is 8.56. The summed E-state index contributed by atoms with van der Waals surface area (Å²) >= 11 is 3.35. The Bertz CT molecular complexity index is 614.